The van der Waals surface area contributed by atoms with Crippen LogP contribution < -0.4 is 10.6 Å². The lowest BCUT2D eigenvalue weighted by atomic mass is 10.1. The van der Waals surface area contributed by atoms with Gasteiger partial charge in [0.2, 0.25) is 0 Å². The molecule has 0 aliphatic carbocycles. The zero-order valence-electron chi connectivity index (χ0n) is 15.0. The van der Waals surface area contributed by atoms with Crippen molar-refractivity contribution in [2.75, 3.05) is 10.6 Å². The van der Waals surface area contributed by atoms with Crippen molar-refractivity contribution < 1.29 is 0 Å². The van der Waals surface area contributed by atoms with Gasteiger partial charge in [-0.1, -0.05) is 55.8 Å². The van der Waals surface area contributed by atoms with Crippen LogP contribution in [0.1, 0.15) is 30.9 Å². The van der Waals surface area contributed by atoms with Crippen molar-refractivity contribution in [1.82, 2.24) is 9.78 Å². The van der Waals surface area contributed by atoms with Crippen LogP contribution in [0.3, 0.4) is 0 Å². The summed E-state index contributed by atoms with van der Waals surface area (Å²) in [5, 5.41) is 11.3. The molecule has 0 bridgehead atoms. The molecule has 26 heavy (non-hydrogen) atoms. The maximum absolute atomic E-state index is 5.40. The van der Waals surface area contributed by atoms with E-state index in [4.69, 9.17) is 12.2 Å². The number of hydrogen-bond donors (Lipinski definition) is 2. The zero-order valence-corrected chi connectivity index (χ0v) is 15.8. The van der Waals surface area contributed by atoms with Gasteiger partial charge in [-0.25, -0.2) is 0 Å². The van der Waals surface area contributed by atoms with Crippen LogP contribution in [0.25, 0.3) is 0 Å². The zero-order chi connectivity index (χ0) is 18.2. The Kier molecular flexibility index (Phi) is 6.39. The van der Waals surface area contributed by atoms with Crippen LogP contribution >= 0.6 is 12.2 Å². The third-order valence-corrected chi connectivity index (χ3v) is 4.31. The van der Waals surface area contributed by atoms with Crippen molar-refractivity contribution in [2.45, 2.75) is 32.7 Å². The van der Waals surface area contributed by atoms with Crippen molar-refractivity contribution in [2.24, 2.45) is 0 Å². The summed E-state index contributed by atoms with van der Waals surface area (Å²) in [4.78, 5) is 0. The standard InChI is InChI=1S/C21H24N4S/c1-2-3-7-17-10-12-19(13-11-17)23-21(26)24-20-14-22-25(16-20)15-18-8-5-4-6-9-18/h4-6,8-14,16H,2-3,7,15H2,1H3,(H2,23,24,26). The molecule has 0 atom stereocenters. The number of unbranched alkanes of at least 4 members (excludes halogenated alkanes) is 1. The number of thiocarbonyl (C=S) groups is 1. The van der Waals surface area contributed by atoms with Gasteiger partial charge in [-0.2, -0.15) is 5.10 Å². The van der Waals surface area contributed by atoms with E-state index in [1.807, 2.05) is 29.1 Å². The van der Waals surface area contributed by atoms with Crippen LogP contribution in [-0.4, -0.2) is 14.9 Å². The van der Waals surface area contributed by atoms with E-state index in [9.17, 15) is 0 Å². The molecule has 4 nitrogen and oxygen atoms in total. The first-order valence-corrected chi connectivity index (χ1v) is 9.37. The average Bonchev–Trinajstić information content (AvgIpc) is 3.08. The highest BCUT2D eigenvalue weighted by Gasteiger charge is 2.03. The Morgan fingerprint density at radius 1 is 0.962 bits per heavy atom. The molecule has 0 aliphatic rings. The molecule has 134 valence electrons. The van der Waals surface area contributed by atoms with Gasteiger partial charge in [-0.15, -0.1) is 0 Å². The molecule has 0 amide bonds. The third kappa shape index (κ3) is 5.43. The molecule has 0 saturated heterocycles. The summed E-state index contributed by atoms with van der Waals surface area (Å²) in [7, 11) is 0. The minimum absolute atomic E-state index is 0.561. The fourth-order valence-corrected chi connectivity index (χ4v) is 2.95. The first-order chi connectivity index (χ1) is 12.7. The average molecular weight is 365 g/mol. The van der Waals surface area contributed by atoms with Gasteiger partial charge in [0.25, 0.3) is 0 Å². The SMILES string of the molecule is CCCCc1ccc(NC(=S)Nc2cnn(Cc3ccccc3)c2)cc1. The summed E-state index contributed by atoms with van der Waals surface area (Å²) < 4.78 is 1.89. The van der Waals surface area contributed by atoms with E-state index >= 15 is 0 Å². The highest BCUT2D eigenvalue weighted by Crippen LogP contribution is 2.13. The van der Waals surface area contributed by atoms with E-state index in [2.05, 4.69) is 59.1 Å². The lowest BCUT2D eigenvalue weighted by Crippen LogP contribution is -2.18. The van der Waals surface area contributed by atoms with Crippen molar-refractivity contribution in [3.05, 3.63) is 78.1 Å². The van der Waals surface area contributed by atoms with Gasteiger partial charge in [0.15, 0.2) is 5.11 Å². The van der Waals surface area contributed by atoms with E-state index in [-0.39, 0.29) is 0 Å². The smallest absolute Gasteiger partial charge is 0.175 e. The topological polar surface area (TPSA) is 41.9 Å². The second-order valence-corrected chi connectivity index (χ2v) is 6.70. The number of hydrogen-bond acceptors (Lipinski definition) is 2. The molecule has 2 aromatic carbocycles. The van der Waals surface area contributed by atoms with Gasteiger partial charge in [0.05, 0.1) is 18.4 Å². The number of aromatic nitrogens is 2. The molecule has 0 fully saturated rings. The van der Waals surface area contributed by atoms with E-state index in [1.54, 1.807) is 6.20 Å². The van der Waals surface area contributed by atoms with Gasteiger partial charge in [-0.05, 0) is 48.3 Å². The molecule has 0 radical (unpaired) electrons. The van der Waals surface area contributed by atoms with E-state index in [0.717, 1.165) is 24.3 Å². The predicted molar refractivity (Wildman–Crippen MR) is 113 cm³/mol. The monoisotopic (exact) mass is 364 g/mol. The van der Waals surface area contributed by atoms with Crippen LogP contribution in [0.15, 0.2) is 67.0 Å². The molecule has 1 heterocycles. The summed E-state index contributed by atoms with van der Waals surface area (Å²) in [6.45, 7) is 2.95. The van der Waals surface area contributed by atoms with Gasteiger partial charge in [0, 0.05) is 11.9 Å². The van der Waals surface area contributed by atoms with Crippen LogP contribution in [0.5, 0.6) is 0 Å². The van der Waals surface area contributed by atoms with Crippen LogP contribution in [0.4, 0.5) is 11.4 Å². The third-order valence-electron chi connectivity index (χ3n) is 4.11. The maximum Gasteiger partial charge on any atom is 0.175 e. The molecule has 3 aromatic rings. The fraction of sp³-hybridized carbons (Fsp3) is 0.238. The summed E-state index contributed by atoms with van der Waals surface area (Å²) in [5.74, 6) is 0. The summed E-state index contributed by atoms with van der Waals surface area (Å²) >= 11 is 5.40. The highest BCUT2D eigenvalue weighted by atomic mass is 32.1. The Bertz CT molecular complexity index is 825. The van der Waals surface area contributed by atoms with Crippen molar-refractivity contribution >= 4 is 28.7 Å². The molecule has 0 saturated carbocycles. The molecule has 0 spiro atoms. The Morgan fingerprint density at radius 3 is 2.42 bits per heavy atom. The minimum atomic E-state index is 0.561. The summed E-state index contributed by atoms with van der Waals surface area (Å²) in [5.41, 5.74) is 4.43. The summed E-state index contributed by atoms with van der Waals surface area (Å²) in [6.07, 6.45) is 7.30. The second kappa shape index (κ2) is 9.15. The van der Waals surface area contributed by atoms with Gasteiger partial charge in [0.1, 0.15) is 0 Å². The molecule has 2 N–H and O–H groups in total. The van der Waals surface area contributed by atoms with Crippen molar-refractivity contribution in [1.29, 1.82) is 0 Å². The molecule has 1 aromatic heterocycles. The van der Waals surface area contributed by atoms with E-state index in [0.29, 0.717) is 5.11 Å². The quantitative estimate of drug-likeness (QED) is 0.574. The molecule has 0 aliphatic heterocycles. The number of benzene rings is 2. The molecule has 5 heteroatoms. The lowest BCUT2D eigenvalue weighted by Gasteiger charge is -2.09. The summed E-state index contributed by atoms with van der Waals surface area (Å²) in [6, 6.07) is 18.7. The Labute approximate surface area is 160 Å². The van der Waals surface area contributed by atoms with Gasteiger partial charge in [-0.3, -0.25) is 4.68 Å². The lowest BCUT2D eigenvalue weighted by molar-refractivity contribution is 0.687. The van der Waals surface area contributed by atoms with Crippen LogP contribution in [0.2, 0.25) is 0 Å². The first-order valence-electron chi connectivity index (χ1n) is 8.96. The van der Waals surface area contributed by atoms with Gasteiger partial charge >= 0.3 is 0 Å². The van der Waals surface area contributed by atoms with Crippen molar-refractivity contribution in [3.8, 4) is 0 Å². The number of rotatable bonds is 7. The first kappa shape index (κ1) is 18.1. The number of anilines is 2. The van der Waals surface area contributed by atoms with Gasteiger partial charge < -0.3 is 10.6 Å². The molecular formula is C21H24N4S. The predicted octanol–water partition coefficient (Wildman–Crippen LogP) is 5.08. The minimum Gasteiger partial charge on any atom is -0.332 e. The largest absolute Gasteiger partial charge is 0.332 e. The molecule has 0 unspecified atom stereocenters. The Morgan fingerprint density at radius 2 is 1.69 bits per heavy atom. The fourth-order valence-electron chi connectivity index (χ4n) is 2.71. The number of aryl methyl sites for hydroxylation is 1. The highest BCUT2D eigenvalue weighted by molar-refractivity contribution is 7.80. The maximum atomic E-state index is 5.40. The number of nitrogens with one attached hydrogen (secondary N) is 2. The van der Waals surface area contributed by atoms with E-state index in [1.165, 1.54) is 24.0 Å². The normalized spacial score (nSPS) is 10.5. The van der Waals surface area contributed by atoms with Crippen LogP contribution in [0, 0.1) is 0 Å². The van der Waals surface area contributed by atoms with Crippen LogP contribution in [-0.2, 0) is 13.0 Å². The molecular weight excluding hydrogens is 340 g/mol. The Balaban J connectivity index is 1.52. The van der Waals surface area contributed by atoms with Crippen molar-refractivity contribution in [3.63, 3.8) is 0 Å². The molecule has 3 rings (SSSR count). The second-order valence-electron chi connectivity index (χ2n) is 6.29. The number of nitrogens with zero attached hydrogens (tertiary/aromatic N) is 2. The Hall–Kier alpha value is -2.66. The van der Waals surface area contributed by atoms with E-state index < -0.39 is 0 Å².